The third-order valence-corrected chi connectivity index (χ3v) is 3.43. The van der Waals surface area contributed by atoms with E-state index in [-0.39, 0.29) is 23.8 Å². The smallest absolute Gasteiger partial charge is 0.240 e. The fourth-order valence-corrected chi connectivity index (χ4v) is 2.17. The SMILES string of the molecule is CCC(C#N)C(=O)N1CC(C(N)=O)CCC1C. The topological polar surface area (TPSA) is 87.2 Å². The van der Waals surface area contributed by atoms with Gasteiger partial charge in [-0.3, -0.25) is 9.59 Å². The van der Waals surface area contributed by atoms with Gasteiger partial charge in [0.2, 0.25) is 11.8 Å². The molecule has 94 valence electrons. The monoisotopic (exact) mass is 237 g/mol. The fraction of sp³-hybridized carbons (Fsp3) is 0.750. The highest BCUT2D eigenvalue weighted by Gasteiger charge is 2.34. The van der Waals surface area contributed by atoms with Gasteiger partial charge in [0.05, 0.1) is 12.0 Å². The van der Waals surface area contributed by atoms with Gasteiger partial charge >= 0.3 is 0 Å². The van der Waals surface area contributed by atoms with E-state index in [1.807, 2.05) is 19.9 Å². The van der Waals surface area contributed by atoms with Gasteiger partial charge in [0.1, 0.15) is 5.92 Å². The quantitative estimate of drug-likeness (QED) is 0.781. The number of hydrogen-bond acceptors (Lipinski definition) is 3. The number of carbonyl (C=O) groups is 2. The second-order valence-electron chi connectivity index (χ2n) is 4.61. The maximum atomic E-state index is 12.1. The summed E-state index contributed by atoms with van der Waals surface area (Å²) < 4.78 is 0. The third-order valence-electron chi connectivity index (χ3n) is 3.43. The molecule has 0 bridgehead atoms. The molecule has 0 aromatic rings. The Morgan fingerprint density at radius 3 is 2.65 bits per heavy atom. The zero-order valence-electron chi connectivity index (χ0n) is 10.3. The molecular formula is C12H19N3O2. The van der Waals surface area contributed by atoms with Crippen LogP contribution in [0.2, 0.25) is 0 Å². The molecule has 3 unspecified atom stereocenters. The van der Waals surface area contributed by atoms with Gasteiger partial charge in [0, 0.05) is 12.6 Å². The summed E-state index contributed by atoms with van der Waals surface area (Å²) in [5, 5.41) is 8.90. The van der Waals surface area contributed by atoms with Crippen molar-refractivity contribution in [2.45, 2.75) is 39.2 Å². The van der Waals surface area contributed by atoms with E-state index in [0.717, 1.165) is 12.8 Å². The minimum Gasteiger partial charge on any atom is -0.369 e. The molecule has 0 aliphatic carbocycles. The van der Waals surface area contributed by atoms with Crippen molar-refractivity contribution < 1.29 is 9.59 Å². The predicted octanol–water partition coefficient (Wildman–Crippen LogP) is 0.649. The van der Waals surface area contributed by atoms with E-state index in [9.17, 15) is 9.59 Å². The second kappa shape index (κ2) is 5.67. The molecule has 0 radical (unpaired) electrons. The lowest BCUT2D eigenvalue weighted by Crippen LogP contribution is -2.50. The first-order valence-electron chi connectivity index (χ1n) is 6.00. The molecule has 2 N–H and O–H groups in total. The van der Waals surface area contributed by atoms with E-state index in [1.165, 1.54) is 0 Å². The summed E-state index contributed by atoms with van der Waals surface area (Å²) in [6.45, 7) is 4.11. The van der Waals surface area contributed by atoms with Gasteiger partial charge in [0.25, 0.3) is 0 Å². The zero-order valence-corrected chi connectivity index (χ0v) is 10.3. The Hall–Kier alpha value is -1.57. The normalized spacial score (nSPS) is 26.1. The number of carbonyl (C=O) groups excluding carboxylic acids is 2. The van der Waals surface area contributed by atoms with E-state index in [0.29, 0.717) is 13.0 Å². The van der Waals surface area contributed by atoms with Crippen LogP contribution in [-0.4, -0.2) is 29.3 Å². The first-order valence-corrected chi connectivity index (χ1v) is 6.00. The predicted molar refractivity (Wildman–Crippen MR) is 62.5 cm³/mol. The molecule has 0 aromatic heterocycles. The van der Waals surface area contributed by atoms with Crippen LogP contribution in [0, 0.1) is 23.2 Å². The summed E-state index contributed by atoms with van der Waals surface area (Å²) >= 11 is 0. The average Bonchev–Trinajstić information content (AvgIpc) is 2.30. The molecule has 1 aliphatic heterocycles. The van der Waals surface area contributed by atoms with Gasteiger partial charge in [-0.15, -0.1) is 0 Å². The molecule has 0 spiro atoms. The largest absolute Gasteiger partial charge is 0.369 e. The van der Waals surface area contributed by atoms with Gasteiger partial charge in [-0.2, -0.15) is 5.26 Å². The molecule has 17 heavy (non-hydrogen) atoms. The minimum absolute atomic E-state index is 0.0838. The third kappa shape index (κ3) is 2.96. The number of piperidine rings is 1. The van der Waals surface area contributed by atoms with Crippen molar-refractivity contribution in [1.29, 1.82) is 5.26 Å². The van der Waals surface area contributed by atoms with Crippen LogP contribution >= 0.6 is 0 Å². The molecule has 0 saturated carbocycles. The van der Waals surface area contributed by atoms with Crippen LogP contribution in [0.5, 0.6) is 0 Å². The molecule has 2 amide bonds. The summed E-state index contributed by atoms with van der Waals surface area (Å²) in [4.78, 5) is 24.9. The fourth-order valence-electron chi connectivity index (χ4n) is 2.17. The number of hydrogen-bond donors (Lipinski definition) is 1. The van der Waals surface area contributed by atoms with E-state index in [1.54, 1.807) is 4.90 Å². The van der Waals surface area contributed by atoms with Crippen LogP contribution in [0.1, 0.15) is 33.1 Å². The molecule has 1 fully saturated rings. The second-order valence-corrected chi connectivity index (χ2v) is 4.61. The summed E-state index contributed by atoms with van der Waals surface area (Å²) in [5.41, 5.74) is 5.27. The highest BCUT2D eigenvalue weighted by molar-refractivity contribution is 5.83. The van der Waals surface area contributed by atoms with Crippen LogP contribution < -0.4 is 5.73 Å². The average molecular weight is 237 g/mol. The van der Waals surface area contributed by atoms with Crippen molar-refractivity contribution in [2.24, 2.45) is 17.6 Å². The van der Waals surface area contributed by atoms with Gasteiger partial charge in [0.15, 0.2) is 0 Å². The summed E-state index contributed by atoms with van der Waals surface area (Å²) in [5.74, 6) is -1.41. The number of nitrogens with two attached hydrogens (primary N) is 1. The number of likely N-dealkylation sites (tertiary alicyclic amines) is 1. The Labute approximate surface area is 102 Å². The molecule has 0 aromatic carbocycles. The molecule has 5 heteroatoms. The van der Waals surface area contributed by atoms with Crippen molar-refractivity contribution in [2.75, 3.05) is 6.54 Å². The first-order chi connectivity index (χ1) is 8.01. The zero-order chi connectivity index (χ0) is 13.0. The Bertz CT molecular complexity index is 348. The molecule has 1 heterocycles. The van der Waals surface area contributed by atoms with Crippen molar-refractivity contribution in [3.8, 4) is 6.07 Å². The van der Waals surface area contributed by atoms with Crippen LogP contribution in [0.25, 0.3) is 0 Å². The molecular weight excluding hydrogens is 218 g/mol. The summed E-state index contributed by atoms with van der Waals surface area (Å²) in [6.07, 6.45) is 1.99. The van der Waals surface area contributed by atoms with Gasteiger partial charge in [-0.05, 0) is 26.2 Å². The highest BCUT2D eigenvalue weighted by Crippen LogP contribution is 2.23. The number of rotatable bonds is 3. The van der Waals surface area contributed by atoms with Crippen molar-refractivity contribution >= 4 is 11.8 Å². The lowest BCUT2D eigenvalue weighted by Gasteiger charge is -2.37. The summed E-state index contributed by atoms with van der Waals surface area (Å²) in [6, 6.07) is 2.09. The maximum absolute atomic E-state index is 12.1. The van der Waals surface area contributed by atoms with E-state index in [2.05, 4.69) is 0 Å². The lowest BCUT2D eigenvalue weighted by molar-refractivity contribution is -0.140. The Kier molecular flexibility index (Phi) is 4.50. The highest BCUT2D eigenvalue weighted by atomic mass is 16.2. The van der Waals surface area contributed by atoms with Gasteiger partial charge in [-0.1, -0.05) is 6.92 Å². The number of nitrogens with zero attached hydrogens (tertiary/aromatic N) is 2. The Morgan fingerprint density at radius 1 is 1.53 bits per heavy atom. The Morgan fingerprint density at radius 2 is 2.18 bits per heavy atom. The van der Waals surface area contributed by atoms with Crippen molar-refractivity contribution in [1.82, 2.24) is 4.90 Å². The molecule has 1 rings (SSSR count). The van der Waals surface area contributed by atoms with Crippen LogP contribution in [0.3, 0.4) is 0 Å². The van der Waals surface area contributed by atoms with E-state index >= 15 is 0 Å². The summed E-state index contributed by atoms with van der Waals surface area (Å²) in [7, 11) is 0. The van der Waals surface area contributed by atoms with Gasteiger partial charge in [-0.25, -0.2) is 0 Å². The number of primary amides is 1. The molecule has 1 saturated heterocycles. The number of amides is 2. The number of nitriles is 1. The molecule has 3 atom stereocenters. The van der Waals surface area contributed by atoms with E-state index < -0.39 is 5.92 Å². The standard InChI is InChI=1S/C12H19N3O2/c1-3-9(6-13)12(17)15-7-10(11(14)16)5-4-8(15)2/h8-10H,3-5,7H2,1-2H3,(H2,14,16). The van der Waals surface area contributed by atoms with Crippen molar-refractivity contribution in [3.63, 3.8) is 0 Å². The van der Waals surface area contributed by atoms with Crippen LogP contribution in [0.15, 0.2) is 0 Å². The lowest BCUT2D eigenvalue weighted by atomic mass is 9.91. The molecule has 5 nitrogen and oxygen atoms in total. The maximum Gasteiger partial charge on any atom is 0.240 e. The van der Waals surface area contributed by atoms with Crippen molar-refractivity contribution in [3.05, 3.63) is 0 Å². The van der Waals surface area contributed by atoms with Crippen LogP contribution in [0.4, 0.5) is 0 Å². The van der Waals surface area contributed by atoms with Crippen LogP contribution in [-0.2, 0) is 9.59 Å². The molecule has 1 aliphatic rings. The minimum atomic E-state index is -0.607. The van der Waals surface area contributed by atoms with E-state index in [4.69, 9.17) is 11.0 Å². The van der Waals surface area contributed by atoms with Gasteiger partial charge < -0.3 is 10.6 Å². The Balaban J connectivity index is 2.77. The first kappa shape index (κ1) is 13.5.